The summed E-state index contributed by atoms with van der Waals surface area (Å²) in [6.45, 7) is 2.08. The summed E-state index contributed by atoms with van der Waals surface area (Å²) in [5, 5.41) is 19.9. The Morgan fingerprint density at radius 1 is 1.20 bits per heavy atom. The zero-order valence-corrected chi connectivity index (χ0v) is 22.0. The number of anilines is 3. The van der Waals surface area contributed by atoms with Crippen LogP contribution in [0.5, 0.6) is 11.5 Å². The number of rotatable bonds is 14. The molecule has 4 rings (SSSR count). The predicted octanol–water partition coefficient (Wildman–Crippen LogP) is 3.05. The number of nitrogens with one attached hydrogen (secondary N) is 2. The second-order valence-corrected chi connectivity index (χ2v) is 8.76. The van der Waals surface area contributed by atoms with Gasteiger partial charge in [-0.15, -0.1) is 6.42 Å². The number of hydrogen-bond acceptors (Lipinski definition) is 9. The highest BCUT2D eigenvalue weighted by atomic mass is 19.1. The number of aliphatic hydroxyl groups excluding tert-OH is 1. The number of ether oxygens (including phenoxy) is 2. The van der Waals surface area contributed by atoms with Crippen LogP contribution in [-0.2, 0) is 11.3 Å². The van der Waals surface area contributed by atoms with Crippen LogP contribution >= 0.6 is 0 Å². The predicted molar refractivity (Wildman–Crippen MR) is 149 cm³/mol. The van der Waals surface area contributed by atoms with Gasteiger partial charge in [0, 0.05) is 36.4 Å². The highest BCUT2D eigenvalue weighted by molar-refractivity contribution is 5.93. The maximum atomic E-state index is 13.4. The molecule has 0 spiro atoms. The Bertz CT molecular complexity index is 1490. The fraction of sp³-hybridized carbons (Fsp3) is 0.286. The number of nitrogens with zero attached hydrogens (tertiary/aromatic N) is 5. The first-order valence-corrected chi connectivity index (χ1v) is 12.6. The molecule has 40 heavy (non-hydrogen) atoms. The number of aromatic nitrogens is 4. The summed E-state index contributed by atoms with van der Waals surface area (Å²) in [4.78, 5) is 23.0. The molecule has 208 valence electrons. The van der Waals surface area contributed by atoms with Gasteiger partial charge in [0.05, 0.1) is 44.3 Å². The van der Waals surface area contributed by atoms with Gasteiger partial charge in [0.1, 0.15) is 24.5 Å². The van der Waals surface area contributed by atoms with Gasteiger partial charge in [0.25, 0.3) is 0 Å². The number of carbonyl (C=O) groups excluding carboxylic acids is 1. The summed E-state index contributed by atoms with van der Waals surface area (Å²) in [5.74, 6) is 3.40. The fourth-order valence-electron chi connectivity index (χ4n) is 4.01. The van der Waals surface area contributed by atoms with E-state index in [9.17, 15) is 9.18 Å². The third-order valence-electron chi connectivity index (χ3n) is 5.84. The van der Waals surface area contributed by atoms with Crippen molar-refractivity contribution in [1.82, 2.24) is 24.6 Å². The molecule has 0 saturated heterocycles. The van der Waals surface area contributed by atoms with E-state index in [1.54, 1.807) is 37.7 Å². The highest BCUT2D eigenvalue weighted by Crippen LogP contribution is 2.34. The molecule has 1 amide bonds. The number of benzene rings is 2. The van der Waals surface area contributed by atoms with Crippen LogP contribution < -0.4 is 20.1 Å². The van der Waals surface area contributed by atoms with E-state index in [4.69, 9.17) is 21.0 Å². The van der Waals surface area contributed by atoms with Crippen LogP contribution in [0.15, 0.2) is 55.1 Å². The molecule has 0 radical (unpaired) electrons. The number of methoxy groups -OCH3 is 1. The number of halogens is 1. The molecule has 0 aliphatic carbocycles. The lowest BCUT2D eigenvalue weighted by Gasteiger charge is -2.18. The zero-order valence-electron chi connectivity index (χ0n) is 22.0. The molecule has 0 aliphatic heterocycles. The quantitative estimate of drug-likeness (QED) is 0.161. The van der Waals surface area contributed by atoms with E-state index < -0.39 is 5.82 Å². The highest BCUT2D eigenvalue weighted by Gasteiger charge is 2.13. The average molecular weight is 548 g/mol. The van der Waals surface area contributed by atoms with Crippen LogP contribution in [0, 0.1) is 18.2 Å². The summed E-state index contributed by atoms with van der Waals surface area (Å²) in [6, 6.07) is 9.25. The van der Waals surface area contributed by atoms with Gasteiger partial charge in [-0.25, -0.2) is 14.4 Å². The molecular formula is C28H30FN7O4. The molecule has 12 heteroatoms. The number of aliphatic hydroxyl groups is 1. The van der Waals surface area contributed by atoms with E-state index in [2.05, 4.69) is 31.6 Å². The topological polar surface area (TPSA) is 127 Å². The number of carbonyl (C=O) groups is 1. The van der Waals surface area contributed by atoms with Crippen molar-refractivity contribution in [3.8, 4) is 23.8 Å². The molecule has 2 aromatic heterocycles. The number of terminal acetylenes is 1. The summed E-state index contributed by atoms with van der Waals surface area (Å²) < 4.78 is 26.3. The van der Waals surface area contributed by atoms with Gasteiger partial charge in [-0.1, -0.05) is 12.0 Å². The van der Waals surface area contributed by atoms with E-state index in [1.165, 1.54) is 29.2 Å². The van der Waals surface area contributed by atoms with E-state index in [-0.39, 0.29) is 19.1 Å². The van der Waals surface area contributed by atoms with Crippen molar-refractivity contribution in [1.29, 1.82) is 0 Å². The second kappa shape index (κ2) is 13.9. The summed E-state index contributed by atoms with van der Waals surface area (Å²) >= 11 is 0. The van der Waals surface area contributed by atoms with Crippen LogP contribution in [0.2, 0.25) is 0 Å². The monoisotopic (exact) mass is 547 g/mol. The minimum absolute atomic E-state index is 0.0454. The van der Waals surface area contributed by atoms with Crippen LogP contribution in [0.1, 0.15) is 6.42 Å². The third kappa shape index (κ3) is 7.66. The van der Waals surface area contributed by atoms with Crippen molar-refractivity contribution in [3.05, 3.63) is 60.9 Å². The smallest absolute Gasteiger partial charge is 0.246 e. The number of hydrogen-bond donors (Lipinski definition) is 3. The van der Waals surface area contributed by atoms with Crippen LogP contribution in [0.3, 0.4) is 0 Å². The lowest BCUT2D eigenvalue weighted by molar-refractivity contribution is -0.116. The standard InChI is InChI=1S/C28H30FN7O4/c1-3-8-35(10-11-37)9-5-12-40-26-15-24-23(14-25(26)39-2)28(31-19-30-24)34-22-16-32-36(17-22)18-27(38)33-21-7-4-6-20(29)13-21/h1,4,6-7,13-17,19,37H,5,8-12,18H2,2H3,(H,33,38)(H,30,31,34). The van der Waals surface area contributed by atoms with Gasteiger partial charge in [-0.05, 0) is 30.7 Å². The van der Waals surface area contributed by atoms with E-state index in [1.807, 2.05) is 4.90 Å². The maximum Gasteiger partial charge on any atom is 0.246 e. The Morgan fingerprint density at radius 2 is 2.08 bits per heavy atom. The number of amides is 1. The molecule has 2 heterocycles. The molecule has 0 fully saturated rings. The van der Waals surface area contributed by atoms with Crippen molar-refractivity contribution in [2.24, 2.45) is 0 Å². The Morgan fingerprint density at radius 3 is 2.85 bits per heavy atom. The molecule has 4 aromatic rings. The first kappa shape index (κ1) is 28.3. The van der Waals surface area contributed by atoms with Crippen LogP contribution in [0.4, 0.5) is 21.6 Å². The average Bonchev–Trinajstić information content (AvgIpc) is 3.37. The Hall–Kier alpha value is -4.73. The van der Waals surface area contributed by atoms with E-state index in [0.29, 0.717) is 72.3 Å². The van der Waals surface area contributed by atoms with Gasteiger partial charge in [-0.2, -0.15) is 5.10 Å². The van der Waals surface area contributed by atoms with Crippen LogP contribution in [0.25, 0.3) is 10.9 Å². The van der Waals surface area contributed by atoms with Crippen molar-refractivity contribution >= 4 is 34.0 Å². The van der Waals surface area contributed by atoms with Gasteiger partial charge in [0.2, 0.25) is 5.91 Å². The van der Waals surface area contributed by atoms with Crippen molar-refractivity contribution < 1.29 is 23.8 Å². The van der Waals surface area contributed by atoms with Gasteiger partial charge < -0.3 is 25.2 Å². The Labute approximate surface area is 230 Å². The normalized spacial score (nSPS) is 10.9. The van der Waals surface area contributed by atoms with Gasteiger partial charge in [0.15, 0.2) is 11.5 Å². The van der Waals surface area contributed by atoms with E-state index in [0.717, 1.165) is 0 Å². The summed E-state index contributed by atoms with van der Waals surface area (Å²) in [6.07, 6.45) is 10.8. The van der Waals surface area contributed by atoms with Crippen molar-refractivity contribution in [3.63, 3.8) is 0 Å². The third-order valence-corrected chi connectivity index (χ3v) is 5.84. The lowest BCUT2D eigenvalue weighted by atomic mass is 10.2. The zero-order chi connectivity index (χ0) is 28.3. The first-order valence-electron chi connectivity index (χ1n) is 12.6. The molecular weight excluding hydrogens is 517 g/mol. The molecule has 3 N–H and O–H groups in total. The minimum Gasteiger partial charge on any atom is -0.493 e. The Kier molecular flexibility index (Phi) is 9.82. The molecule has 0 saturated carbocycles. The Balaban J connectivity index is 1.40. The SMILES string of the molecule is C#CCN(CCO)CCCOc1cc2ncnc(Nc3cnn(CC(=O)Nc4cccc(F)c4)c3)c2cc1OC. The molecule has 0 aliphatic rings. The molecule has 11 nitrogen and oxygen atoms in total. The summed E-state index contributed by atoms with van der Waals surface area (Å²) in [5.41, 5.74) is 1.62. The van der Waals surface area contributed by atoms with Gasteiger partial charge >= 0.3 is 0 Å². The van der Waals surface area contributed by atoms with Crippen molar-refractivity contribution in [2.75, 3.05) is 50.6 Å². The molecule has 2 aromatic carbocycles. The van der Waals surface area contributed by atoms with Gasteiger partial charge in [-0.3, -0.25) is 14.4 Å². The molecule has 0 bridgehead atoms. The minimum atomic E-state index is -0.433. The first-order chi connectivity index (χ1) is 19.5. The number of fused-ring (bicyclic) bond motifs is 1. The lowest BCUT2D eigenvalue weighted by Crippen LogP contribution is -2.29. The second-order valence-electron chi connectivity index (χ2n) is 8.76. The molecule has 0 atom stereocenters. The molecule has 0 unspecified atom stereocenters. The van der Waals surface area contributed by atoms with E-state index >= 15 is 0 Å². The maximum absolute atomic E-state index is 13.4. The van der Waals surface area contributed by atoms with Crippen molar-refractivity contribution in [2.45, 2.75) is 13.0 Å². The fourth-order valence-corrected chi connectivity index (χ4v) is 4.01. The largest absolute Gasteiger partial charge is 0.493 e. The van der Waals surface area contributed by atoms with Crippen LogP contribution in [-0.4, -0.2) is 75.6 Å². The summed E-state index contributed by atoms with van der Waals surface area (Å²) in [7, 11) is 1.56.